The van der Waals surface area contributed by atoms with E-state index in [1.54, 1.807) is 6.92 Å². The van der Waals surface area contributed by atoms with Gasteiger partial charge in [0, 0.05) is 18.0 Å². The van der Waals surface area contributed by atoms with Gasteiger partial charge >= 0.3 is 5.97 Å². The van der Waals surface area contributed by atoms with Crippen molar-refractivity contribution in [2.24, 2.45) is 11.8 Å². The monoisotopic (exact) mass is 223 g/mol. The summed E-state index contributed by atoms with van der Waals surface area (Å²) in [4.78, 5) is 23.4. The summed E-state index contributed by atoms with van der Waals surface area (Å²) in [6, 6.07) is 0. The zero-order chi connectivity index (χ0) is 11.5. The van der Waals surface area contributed by atoms with Crippen LogP contribution in [0, 0.1) is 11.8 Å². The number of hydrogen-bond acceptors (Lipinski definition) is 3. The van der Waals surface area contributed by atoms with Gasteiger partial charge in [0.25, 0.3) is 0 Å². The normalized spacial score (nSPS) is 28.8. The molecular formula is C12H17NO3. The largest absolute Gasteiger partial charge is 0.463 e. The lowest BCUT2D eigenvalue weighted by molar-refractivity contribution is -0.140. The van der Waals surface area contributed by atoms with Crippen molar-refractivity contribution < 1.29 is 14.3 Å². The average Bonchev–Trinajstić information content (AvgIpc) is 2.30. The molecule has 16 heavy (non-hydrogen) atoms. The highest BCUT2D eigenvalue weighted by Crippen LogP contribution is 2.37. The van der Waals surface area contributed by atoms with Crippen molar-refractivity contribution in [1.29, 1.82) is 0 Å². The molecule has 0 aromatic carbocycles. The Morgan fingerprint density at radius 3 is 2.81 bits per heavy atom. The maximum Gasteiger partial charge on any atom is 0.335 e. The van der Waals surface area contributed by atoms with Crippen LogP contribution in [0.5, 0.6) is 0 Å². The molecular weight excluding hydrogens is 206 g/mol. The first-order valence-electron chi connectivity index (χ1n) is 5.91. The van der Waals surface area contributed by atoms with Crippen LogP contribution in [0.3, 0.4) is 0 Å². The van der Waals surface area contributed by atoms with Gasteiger partial charge in [0.05, 0.1) is 12.2 Å². The predicted octanol–water partition coefficient (Wildman–Crippen LogP) is 1.37. The predicted molar refractivity (Wildman–Crippen MR) is 58.3 cm³/mol. The third kappa shape index (κ3) is 1.96. The van der Waals surface area contributed by atoms with Crippen molar-refractivity contribution in [3.8, 4) is 0 Å². The second-order valence-electron chi connectivity index (χ2n) is 4.33. The first-order valence-corrected chi connectivity index (χ1v) is 5.91. The average molecular weight is 223 g/mol. The van der Waals surface area contributed by atoms with Gasteiger partial charge in [-0.05, 0) is 19.8 Å². The van der Waals surface area contributed by atoms with Crippen molar-refractivity contribution in [2.45, 2.75) is 32.6 Å². The van der Waals surface area contributed by atoms with Crippen LogP contribution >= 0.6 is 0 Å². The second-order valence-corrected chi connectivity index (χ2v) is 4.33. The Kier molecular flexibility index (Phi) is 3.27. The molecule has 1 fully saturated rings. The molecule has 1 amide bonds. The lowest BCUT2D eigenvalue weighted by atomic mass is 9.73. The second kappa shape index (κ2) is 4.68. The van der Waals surface area contributed by atoms with E-state index in [0.717, 1.165) is 25.7 Å². The van der Waals surface area contributed by atoms with Crippen LogP contribution in [0.25, 0.3) is 0 Å². The molecule has 2 unspecified atom stereocenters. The van der Waals surface area contributed by atoms with Gasteiger partial charge in [0.1, 0.15) is 0 Å². The molecule has 2 aliphatic rings. The van der Waals surface area contributed by atoms with Gasteiger partial charge in [-0.15, -0.1) is 0 Å². The van der Waals surface area contributed by atoms with E-state index in [4.69, 9.17) is 4.74 Å². The van der Waals surface area contributed by atoms with Gasteiger partial charge < -0.3 is 10.1 Å². The van der Waals surface area contributed by atoms with Crippen molar-refractivity contribution in [1.82, 2.24) is 5.32 Å². The Balaban J connectivity index is 2.18. The molecule has 1 aliphatic heterocycles. The molecule has 0 aromatic heterocycles. The summed E-state index contributed by atoms with van der Waals surface area (Å²) in [7, 11) is 0. The van der Waals surface area contributed by atoms with Crippen LogP contribution < -0.4 is 5.32 Å². The number of amides is 1. The molecule has 0 saturated heterocycles. The van der Waals surface area contributed by atoms with Gasteiger partial charge in [-0.25, -0.2) is 4.79 Å². The molecule has 0 spiro atoms. The van der Waals surface area contributed by atoms with Crippen LogP contribution in [0.4, 0.5) is 0 Å². The summed E-state index contributed by atoms with van der Waals surface area (Å²) in [5.74, 6) is -0.183. The smallest absolute Gasteiger partial charge is 0.335 e. The molecule has 4 heteroatoms. The SMILES string of the molecule is CCOC(=O)C1=CNC(=O)C2CCCCC12. The highest BCUT2D eigenvalue weighted by atomic mass is 16.5. The summed E-state index contributed by atoms with van der Waals surface area (Å²) >= 11 is 0. The molecule has 1 heterocycles. The Morgan fingerprint density at radius 2 is 2.12 bits per heavy atom. The van der Waals surface area contributed by atoms with Gasteiger partial charge in [0.2, 0.25) is 5.91 Å². The number of rotatable bonds is 2. The summed E-state index contributed by atoms with van der Waals surface area (Å²) in [5.41, 5.74) is 0.645. The van der Waals surface area contributed by atoms with Crippen molar-refractivity contribution in [2.75, 3.05) is 6.61 Å². The fourth-order valence-corrected chi connectivity index (χ4v) is 2.60. The number of nitrogens with one attached hydrogen (secondary N) is 1. The Labute approximate surface area is 95.0 Å². The quantitative estimate of drug-likeness (QED) is 0.719. The molecule has 0 bridgehead atoms. The number of carbonyl (C=O) groups excluding carboxylic acids is 2. The number of fused-ring (bicyclic) bond motifs is 1. The van der Waals surface area contributed by atoms with E-state index < -0.39 is 0 Å². The van der Waals surface area contributed by atoms with Gasteiger partial charge in [-0.1, -0.05) is 12.8 Å². The van der Waals surface area contributed by atoms with Crippen LogP contribution in [0.1, 0.15) is 32.6 Å². The third-order valence-corrected chi connectivity index (χ3v) is 3.38. The summed E-state index contributed by atoms with van der Waals surface area (Å²) in [6.07, 6.45) is 5.50. The lowest BCUT2D eigenvalue weighted by Gasteiger charge is -2.34. The lowest BCUT2D eigenvalue weighted by Crippen LogP contribution is -2.41. The molecule has 1 saturated carbocycles. The summed E-state index contributed by atoms with van der Waals surface area (Å²) in [6.45, 7) is 2.17. The van der Waals surface area contributed by atoms with Gasteiger partial charge in [-0.2, -0.15) is 0 Å². The molecule has 2 atom stereocenters. The van der Waals surface area contributed by atoms with Crippen LogP contribution in [0.2, 0.25) is 0 Å². The van der Waals surface area contributed by atoms with Crippen molar-refractivity contribution >= 4 is 11.9 Å². The molecule has 2 rings (SSSR count). The van der Waals surface area contributed by atoms with Crippen LogP contribution in [-0.2, 0) is 14.3 Å². The molecule has 1 aliphatic carbocycles. The highest BCUT2D eigenvalue weighted by molar-refractivity contribution is 5.93. The number of ether oxygens (including phenoxy) is 1. The minimum absolute atomic E-state index is 0.0295. The molecule has 0 radical (unpaired) electrons. The van der Waals surface area contributed by atoms with E-state index in [0.29, 0.717) is 12.2 Å². The van der Waals surface area contributed by atoms with E-state index >= 15 is 0 Å². The van der Waals surface area contributed by atoms with Crippen molar-refractivity contribution in [3.05, 3.63) is 11.8 Å². The van der Waals surface area contributed by atoms with E-state index in [-0.39, 0.29) is 23.7 Å². The standard InChI is InChI=1S/C12H17NO3/c1-2-16-12(15)10-7-13-11(14)9-6-4-3-5-8(9)10/h7-9H,2-6H2,1H3,(H,13,14). The zero-order valence-electron chi connectivity index (χ0n) is 9.49. The van der Waals surface area contributed by atoms with E-state index in [1.807, 2.05) is 0 Å². The number of esters is 1. The minimum atomic E-state index is -0.278. The first-order chi connectivity index (χ1) is 7.74. The minimum Gasteiger partial charge on any atom is -0.463 e. The molecule has 0 aromatic rings. The fraction of sp³-hybridized carbons (Fsp3) is 0.667. The fourth-order valence-electron chi connectivity index (χ4n) is 2.60. The maximum absolute atomic E-state index is 11.7. The Hall–Kier alpha value is -1.32. The summed E-state index contributed by atoms with van der Waals surface area (Å²) in [5, 5.41) is 2.67. The molecule has 88 valence electrons. The topological polar surface area (TPSA) is 55.4 Å². The van der Waals surface area contributed by atoms with E-state index in [2.05, 4.69) is 5.32 Å². The van der Waals surface area contributed by atoms with Crippen LogP contribution in [-0.4, -0.2) is 18.5 Å². The zero-order valence-corrected chi connectivity index (χ0v) is 9.49. The number of carbonyl (C=O) groups is 2. The third-order valence-electron chi connectivity index (χ3n) is 3.38. The van der Waals surface area contributed by atoms with E-state index in [9.17, 15) is 9.59 Å². The van der Waals surface area contributed by atoms with Crippen molar-refractivity contribution in [3.63, 3.8) is 0 Å². The Bertz CT molecular complexity index is 335. The van der Waals surface area contributed by atoms with Crippen LogP contribution in [0.15, 0.2) is 11.8 Å². The Morgan fingerprint density at radius 1 is 1.44 bits per heavy atom. The highest BCUT2D eigenvalue weighted by Gasteiger charge is 2.38. The van der Waals surface area contributed by atoms with Gasteiger partial charge in [-0.3, -0.25) is 4.79 Å². The van der Waals surface area contributed by atoms with Gasteiger partial charge in [0.15, 0.2) is 0 Å². The first kappa shape index (κ1) is 11.2. The number of hydrogen-bond donors (Lipinski definition) is 1. The molecule has 1 N–H and O–H groups in total. The molecule has 4 nitrogen and oxygen atoms in total. The summed E-state index contributed by atoms with van der Waals surface area (Å²) < 4.78 is 5.01. The maximum atomic E-state index is 11.7. The van der Waals surface area contributed by atoms with E-state index in [1.165, 1.54) is 6.20 Å².